The van der Waals surface area contributed by atoms with Crippen LogP contribution in [0.25, 0.3) is 16.7 Å². The molecule has 2 aromatic heterocycles. The van der Waals surface area contributed by atoms with Gasteiger partial charge < -0.3 is 24.3 Å². The lowest BCUT2D eigenvalue weighted by Gasteiger charge is -2.34. The van der Waals surface area contributed by atoms with Crippen molar-refractivity contribution in [2.75, 3.05) is 37.1 Å². The number of morpholine rings is 1. The Morgan fingerprint density at radius 2 is 2.03 bits per heavy atom. The van der Waals surface area contributed by atoms with Crippen molar-refractivity contribution in [3.05, 3.63) is 72.1 Å². The number of aryl methyl sites for hydroxylation is 1. The van der Waals surface area contributed by atoms with Crippen molar-refractivity contribution < 1.29 is 9.47 Å². The minimum Gasteiger partial charge on any atom is -0.380 e. The molecular formula is C25H26ClN5O2. The van der Waals surface area contributed by atoms with Crippen LogP contribution in [0.5, 0.6) is 0 Å². The van der Waals surface area contributed by atoms with Gasteiger partial charge in [-0.2, -0.15) is 4.98 Å². The average Bonchev–Trinajstić information content (AvgIpc) is 3.24. The van der Waals surface area contributed by atoms with Gasteiger partial charge in [-0.05, 0) is 54.4 Å². The Kier molecular flexibility index (Phi) is 6.17. The molecule has 8 heteroatoms. The Labute approximate surface area is 197 Å². The first-order valence-electron chi connectivity index (χ1n) is 10.9. The molecule has 1 aliphatic rings. The summed E-state index contributed by atoms with van der Waals surface area (Å²) in [5.41, 5.74) is 6.05. The van der Waals surface area contributed by atoms with E-state index in [-0.39, 0.29) is 5.50 Å². The zero-order valence-corrected chi connectivity index (χ0v) is 19.4. The largest absolute Gasteiger partial charge is 0.380 e. The van der Waals surface area contributed by atoms with Crippen LogP contribution >= 0.6 is 11.6 Å². The molecule has 1 fully saturated rings. The third kappa shape index (κ3) is 4.53. The van der Waals surface area contributed by atoms with Crippen molar-refractivity contribution in [1.29, 1.82) is 0 Å². The molecule has 1 atom stereocenters. The van der Waals surface area contributed by atoms with Gasteiger partial charge in [0.2, 0.25) is 5.95 Å². The molecule has 7 nitrogen and oxygen atoms in total. The van der Waals surface area contributed by atoms with Crippen molar-refractivity contribution >= 4 is 40.0 Å². The molecular weight excluding hydrogens is 438 g/mol. The van der Waals surface area contributed by atoms with Crippen molar-refractivity contribution in [1.82, 2.24) is 14.5 Å². The van der Waals surface area contributed by atoms with Gasteiger partial charge in [0.1, 0.15) is 11.1 Å². The van der Waals surface area contributed by atoms with E-state index >= 15 is 0 Å². The zero-order valence-electron chi connectivity index (χ0n) is 18.7. The zero-order chi connectivity index (χ0) is 22.8. The molecule has 0 aliphatic carbocycles. The van der Waals surface area contributed by atoms with E-state index in [1.54, 1.807) is 7.11 Å². The van der Waals surface area contributed by atoms with E-state index in [1.807, 2.05) is 42.7 Å². The fourth-order valence-electron chi connectivity index (χ4n) is 4.11. The van der Waals surface area contributed by atoms with E-state index in [1.165, 1.54) is 0 Å². The number of rotatable bonds is 6. The Balaban J connectivity index is 1.43. The molecule has 1 aliphatic heterocycles. The molecule has 1 N–H and O–H groups in total. The van der Waals surface area contributed by atoms with Gasteiger partial charge in [-0.3, -0.25) is 0 Å². The fraction of sp³-hybridized carbons (Fsp3) is 0.280. The highest BCUT2D eigenvalue weighted by Crippen LogP contribution is 2.28. The molecule has 0 spiro atoms. The maximum absolute atomic E-state index is 6.46. The van der Waals surface area contributed by atoms with E-state index in [0.717, 1.165) is 45.8 Å². The minimum atomic E-state index is -0.152. The Hall–Kier alpha value is -3.13. The van der Waals surface area contributed by atoms with Crippen LogP contribution < -0.4 is 10.2 Å². The number of hydrogen-bond donors (Lipinski definition) is 1. The quantitative estimate of drug-likeness (QED) is 0.320. The van der Waals surface area contributed by atoms with Crippen LogP contribution in [0.1, 0.15) is 11.1 Å². The summed E-state index contributed by atoms with van der Waals surface area (Å²) in [5, 5.41) is 4.28. The summed E-state index contributed by atoms with van der Waals surface area (Å²) in [6, 6.07) is 16.5. The molecule has 0 bridgehead atoms. The second-order valence-electron chi connectivity index (χ2n) is 8.09. The van der Waals surface area contributed by atoms with Crippen LogP contribution in [0.2, 0.25) is 0 Å². The standard InChI is InChI=1S/C25H26ClN5O2/c1-17-13-21(30-11-12-33-16-23(30)26)7-8-22(17)31-10-9-19-14-27-25(29-24(19)31)28-20-5-3-18(4-6-20)15-32-2/h3-10,13-14,23H,11-12,15-16H2,1-2H3,(H,27,28,29). The van der Waals surface area contributed by atoms with Crippen molar-refractivity contribution in [3.63, 3.8) is 0 Å². The van der Waals surface area contributed by atoms with Gasteiger partial charge in [0.05, 0.1) is 25.5 Å². The number of halogens is 1. The van der Waals surface area contributed by atoms with Crippen LogP contribution in [-0.4, -0.2) is 46.9 Å². The van der Waals surface area contributed by atoms with Gasteiger partial charge in [-0.25, -0.2) is 4.98 Å². The second-order valence-corrected chi connectivity index (χ2v) is 8.59. The summed E-state index contributed by atoms with van der Waals surface area (Å²) in [5.74, 6) is 0.550. The summed E-state index contributed by atoms with van der Waals surface area (Å²) < 4.78 is 12.7. The molecule has 1 unspecified atom stereocenters. The molecule has 0 saturated carbocycles. The number of fused-ring (bicyclic) bond motifs is 1. The highest BCUT2D eigenvalue weighted by molar-refractivity contribution is 6.22. The maximum atomic E-state index is 6.46. The topological polar surface area (TPSA) is 64.4 Å². The SMILES string of the molecule is COCc1ccc(Nc2ncc3ccn(-c4ccc(N5CCOCC5Cl)cc4C)c3n2)cc1. The van der Waals surface area contributed by atoms with Gasteiger partial charge >= 0.3 is 0 Å². The molecule has 0 amide bonds. The third-order valence-corrected chi connectivity index (χ3v) is 6.15. The maximum Gasteiger partial charge on any atom is 0.229 e. The monoisotopic (exact) mass is 463 g/mol. The number of benzene rings is 2. The normalized spacial score (nSPS) is 16.3. The van der Waals surface area contributed by atoms with Crippen molar-refractivity contribution in [2.45, 2.75) is 19.0 Å². The predicted molar refractivity (Wildman–Crippen MR) is 132 cm³/mol. The second kappa shape index (κ2) is 9.39. The van der Waals surface area contributed by atoms with Crippen LogP contribution in [0.4, 0.5) is 17.3 Å². The Morgan fingerprint density at radius 3 is 2.79 bits per heavy atom. The minimum absolute atomic E-state index is 0.152. The van der Waals surface area contributed by atoms with Gasteiger partial charge in [-0.1, -0.05) is 23.7 Å². The number of anilines is 3. The molecule has 170 valence electrons. The molecule has 5 rings (SSSR count). The highest BCUT2D eigenvalue weighted by Gasteiger charge is 2.21. The molecule has 2 aromatic carbocycles. The summed E-state index contributed by atoms with van der Waals surface area (Å²) in [6.07, 6.45) is 3.87. The molecule has 3 heterocycles. The van der Waals surface area contributed by atoms with E-state index in [4.69, 9.17) is 26.1 Å². The third-order valence-electron chi connectivity index (χ3n) is 5.79. The van der Waals surface area contributed by atoms with Gasteiger partial charge in [-0.15, -0.1) is 0 Å². The molecule has 33 heavy (non-hydrogen) atoms. The van der Waals surface area contributed by atoms with Gasteiger partial charge in [0.15, 0.2) is 0 Å². The summed E-state index contributed by atoms with van der Waals surface area (Å²) in [6.45, 7) is 4.70. The summed E-state index contributed by atoms with van der Waals surface area (Å²) in [7, 11) is 1.69. The van der Waals surface area contributed by atoms with E-state index in [9.17, 15) is 0 Å². The number of aromatic nitrogens is 3. The lowest BCUT2D eigenvalue weighted by atomic mass is 10.1. The average molecular weight is 464 g/mol. The first-order chi connectivity index (χ1) is 16.1. The Morgan fingerprint density at radius 1 is 1.18 bits per heavy atom. The first-order valence-corrected chi connectivity index (χ1v) is 11.3. The van der Waals surface area contributed by atoms with E-state index in [0.29, 0.717) is 25.8 Å². The first kappa shape index (κ1) is 21.7. The van der Waals surface area contributed by atoms with Crippen molar-refractivity contribution in [3.8, 4) is 5.69 Å². The summed E-state index contributed by atoms with van der Waals surface area (Å²) in [4.78, 5) is 11.5. The number of nitrogens with one attached hydrogen (secondary N) is 1. The van der Waals surface area contributed by atoms with Gasteiger partial charge in [0.25, 0.3) is 0 Å². The molecule has 1 saturated heterocycles. The van der Waals surface area contributed by atoms with Crippen molar-refractivity contribution in [2.24, 2.45) is 0 Å². The fourth-order valence-corrected chi connectivity index (χ4v) is 4.41. The number of hydrogen-bond acceptors (Lipinski definition) is 6. The molecule has 0 radical (unpaired) electrons. The highest BCUT2D eigenvalue weighted by atomic mass is 35.5. The van der Waals surface area contributed by atoms with E-state index in [2.05, 4.69) is 44.9 Å². The summed E-state index contributed by atoms with van der Waals surface area (Å²) >= 11 is 6.46. The number of nitrogens with zero attached hydrogens (tertiary/aromatic N) is 4. The predicted octanol–water partition coefficient (Wildman–Crippen LogP) is 5.02. The smallest absolute Gasteiger partial charge is 0.229 e. The number of ether oxygens (including phenoxy) is 2. The van der Waals surface area contributed by atoms with Crippen LogP contribution in [0, 0.1) is 6.92 Å². The van der Waals surface area contributed by atoms with Crippen LogP contribution in [0.15, 0.2) is 60.9 Å². The van der Waals surface area contributed by atoms with E-state index < -0.39 is 0 Å². The number of alkyl halides is 1. The number of methoxy groups -OCH3 is 1. The lowest BCUT2D eigenvalue weighted by molar-refractivity contribution is 0.113. The lowest BCUT2D eigenvalue weighted by Crippen LogP contribution is -2.42. The Bertz CT molecular complexity index is 1260. The van der Waals surface area contributed by atoms with Gasteiger partial charge in [0, 0.05) is 42.8 Å². The molecule has 4 aromatic rings. The van der Waals surface area contributed by atoms with Crippen LogP contribution in [-0.2, 0) is 16.1 Å². The van der Waals surface area contributed by atoms with Crippen LogP contribution in [0.3, 0.4) is 0 Å².